The fourth-order valence-electron chi connectivity index (χ4n) is 6.13. The first-order chi connectivity index (χ1) is 14.1. The Morgan fingerprint density at radius 3 is 2.37 bits per heavy atom. The van der Waals surface area contributed by atoms with Crippen LogP contribution in [0.15, 0.2) is 36.4 Å². The molecular formula is C28H36NSi+. The van der Waals surface area contributed by atoms with E-state index in [9.17, 15) is 0 Å². The van der Waals surface area contributed by atoms with Gasteiger partial charge in [-0.15, -0.1) is 0 Å². The molecule has 2 aromatic carbocycles. The van der Waals surface area contributed by atoms with E-state index >= 15 is 0 Å². The van der Waals surface area contributed by atoms with Crippen molar-refractivity contribution in [3.05, 3.63) is 64.3 Å². The molecule has 0 N–H and O–H groups in total. The first-order valence-electron chi connectivity index (χ1n) is 11.7. The third-order valence-corrected chi connectivity index (χ3v) is 11.6. The number of benzene rings is 2. The van der Waals surface area contributed by atoms with Crippen LogP contribution < -0.4 is 4.57 Å². The summed E-state index contributed by atoms with van der Waals surface area (Å²) in [6.07, 6.45) is 2.76. The van der Waals surface area contributed by atoms with Gasteiger partial charge in [-0.1, -0.05) is 69.4 Å². The number of nitrogens with zero attached hydrogens (tertiary/aromatic N) is 1. The van der Waals surface area contributed by atoms with Crippen molar-refractivity contribution in [2.45, 2.75) is 77.1 Å². The van der Waals surface area contributed by atoms with Gasteiger partial charge < -0.3 is 0 Å². The second-order valence-corrected chi connectivity index (χ2v) is 16.6. The van der Waals surface area contributed by atoms with Gasteiger partial charge in [0.1, 0.15) is 7.05 Å². The van der Waals surface area contributed by atoms with E-state index < -0.39 is 8.07 Å². The molecule has 0 spiro atoms. The SMILES string of the molecule is Cc1cccc2c1-c1c3c(cc(C4CC[Si](C)(C)CC4)cc3cc(C)[n+]1C)C2(C)C. The lowest BCUT2D eigenvalue weighted by molar-refractivity contribution is -0.665. The van der Waals surface area contributed by atoms with Gasteiger partial charge in [-0.05, 0) is 53.3 Å². The average Bonchev–Trinajstić information content (AvgIpc) is 2.68. The maximum atomic E-state index is 2.59. The summed E-state index contributed by atoms with van der Waals surface area (Å²) < 4.78 is 2.42. The Morgan fingerprint density at radius 2 is 1.67 bits per heavy atom. The highest BCUT2D eigenvalue weighted by molar-refractivity contribution is 6.77. The number of hydrogen-bond donors (Lipinski definition) is 0. The van der Waals surface area contributed by atoms with Gasteiger partial charge in [0.05, 0.1) is 10.9 Å². The summed E-state index contributed by atoms with van der Waals surface area (Å²) in [6, 6.07) is 17.4. The van der Waals surface area contributed by atoms with Crippen LogP contribution in [0.5, 0.6) is 0 Å². The molecule has 2 heteroatoms. The molecule has 0 atom stereocenters. The summed E-state index contributed by atoms with van der Waals surface area (Å²) in [5.74, 6) is 0.735. The van der Waals surface area contributed by atoms with E-state index in [4.69, 9.17) is 0 Å². The molecule has 0 bridgehead atoms. The molecule has 0 amide bonds. The van der Waals surface area contributed by atoms with E-state index in [1.807, 2.05) is 0 Å². The number of aryl methyl sites for hydroxylation is 2. The molecule has 2 aliphatic rings. The van der Waals surface area contributed by atoms with E-state index in [2.05, 4.69) is 88.8 Å². The quantitative estimate of drug-likeness (QED) is 0.293. The minimum absolute atomic E-state index is 0.0214. The molecule has 1 saturated heterocycles. The second kappa shape index (κ2) is 6.53. The van der Waals surface area contributed by atoms with Crippen molar-refractivity contribution < 1.29 is 4.57 Å². The minimum Gasteiger partial charge on any atom is -0.198 e. The van der Waals surface area contributed by atoms with Crippen LogP contribution in [0.25, 0.3) is 22.0 Å². The van der Waals surface area contributed by atoms with Crippen LogP contribution in [0, 0.1) is 13.8 Å². The molecule has 156 valence electrons. The van der Waals surface area contributed by atoms with E-state index in [0.717, 1.165) is 5.92 Å². The fourth-order valence-corrected chi connectivity index (χ4v) is 8.64. The van der Waals surface area contributed by atoms with Crippen molar-refractivity contribution >= 4 is 18.8 Å². The lowest BCUT2D eigenvalue weighted by Crippen LogP contribution is -2.38. The molecule has 0 radical (unpaired) electrons. The van der Waals surface area contributed by atoms with Crippen molar-refractivity contribution in [1.82, 2.24) is 0 Å². The minimum atomic E-state index is -0.940. The van der Waals surface area contributed by atoms with Crippen LogP contribution in [0.3, 0.4) is 0 Å². The number of fused-ring (bicyclic) bond motifs is 2. The first kappa shape index (κ1) is 20.0. The molecule has 5 rings (SSSR count). The molecule has 1 aliphatic carbocycles. The normalized spacial score (nSPS) is 19.7. The van der Waals surface area contributed by atoms with Gasteiger partial charge in [-0.2, -0.15) is 4.57 Å². The molecule has 1 aromatic heterocycles. The first-order valence-corrected chi connectivity index (χ1v) is 15.1. The summed E-state index contributed by atoms with van der Waals surface area (Å²) in [4.78, 5) is 0. The van der Waals surface area contributed by atoms with Crippen LogP contribution >= 0.6 is 0 Å². The molecule has 1 nitrogen and oxygen atoms in total. The van der Waals surface area contributed by atoms with Crippen LogP contribution in [0.1, 0.15) is 60.6 Å². The van der Waals surface area contributed by atoms with Crippen LogP contribution in [0.4, 0.5) is 0 Å². The molecule has 3 aromatic rings. The standard InChI is InChI=1S/C28H36NSi/c1-18-9-8-10-23-25(18)27-26-22(15-19(2)29(27)5)16-21(17-24(26)28(23,3)4)20-11-13-30(6,7)14-12-20/h8-10,15-17,20H,11-14H2,1-7H3/q+1. The Bertz CT molecular complexity index is 1180. The Hall–Kier alpha value is -1.93. The van der Waals surface area contributed by atoms with Gasteiger partial charge in [0.2, 0.25) is 5.69 Å². The van der Waals surface area contributed by atoms with Gasteiger partial charge in [-0.3, -0.25) is 0 Å². The summed E-state index contributed by atoms with van der Waals surface area (Å²) >= 11 is 0. The van der Waals surface area contributed by atoms with Crippen LogP contribution in [0.2, 0.25) is 25.2 Å². The predicted molar refractivity (Wildman–Crippen MR) is 131 cm³/mol. The lowest BCUT2D eigenvalue weighted by atomic mass is 9.68. The monoisotopic (exact) mass is 414 g/mol. The molecule has 1 aliphatic heterocycles. The molecule has 30 heavy (non-hydrogen) atoms. The van der Waals surface area contributed by atoms with E-state index in [1.54, 1.807) is 5.56 Å². The van der Waals surface area contributed by atoms with E-state index in [0.29, 0.717) is 0 Å². The lowest BCUT2D eigenvalue weighted by Gasteiger charge is -2.37. The van der Waals surface area contributed by atoms with Gasteiger partial charge in [-0.25, -0.2) is 0 Å². The highest BCUT2D eigenvalue weighted by Gasteiger charge is 2.39. The Balaban J connectivity index is 1.81. The number of aromatic nitrogens is 1. The highest BCUT2D eigenvalue weighted by Crippen LogP contribution is 2.50. The van der Waals surface area contributed by atoms with Crippen molar-refractivity contribution in [3.8, 4) is 11.3 Å². The van der Waals surface area contributed by atoms with Crippen molar-refractivity contribution in [1.29, 1.82) is 0 Å². The van der Waals surface area contributed by atoms with Crippen LogP contribution in [-0.2, 0) is 12.5 Å². The Kier molecular flexibility index (Phi) is 4.35. The zero-order valence-electron chi connectivity index (χ0n) is 19.8. The number of pyridine rings is 1. The van der Waals surface area contributed by atoms with E-state index in [1.165, 1.54) is 69.3 Å². The van der Waals surface area contributed by atoms with Gasteiger partial charge in [0.25, 0.3) is 0 Å². The molecule has 0 unspecified atom stereocenters. The largest absolute Gasteiger partial charge is 0.221 e. The van der Waals surface area contributed by atoms with Gasteiger partial charge >= 0.3 is 0 Å². The summed E-state index contributed by atoms with van der Waals surface area (Å²) in [5.41, 5.74) is 10.2. The summed E-state index contributed by atoms with van der Waals surface area (Å²) in [5, 5.41) is 2.92. The second-order valence-electron chi connectivity index (χ2n) is 11.3. The van der Waals surface area contributed by atoms with Crippen molar-refractivity contribution in [3.63, 3.8) is 0 Å². The van der Waals surface area contributed by atoms with E-state index in [-0.39, 0.29) is 5.41 Å². The topological polar surface area (TPSA) is 3.88 Å². The zero-order chi connectivity index (χ0) is 21.4. The third-order valence-electron chi connectivity index (χ3n) is 8.32. The summed E-state index contributed by atoms with van der Waals surface area (Å²) in [7, 11) is 1.30. The van der Waals surface area contributed by atoms with Crippen LogP contribution in [-0.4, -0.2) is 8.07 Å². The number of rotatable bonds is 1. The van der Waals surface area contributed by atoms with Gasteiger partial charge in [0, 0.05) is 26.5 Å². The average molecular weight is 415 g/mol. The Labute approximate surface area is 183 Å². The maximum Gasteiger partial charge on any atom is 0.221 e. The third kappa shape index (κ3) is 2.83. The maximum absolute atomic E-state index is 2.59. The Morgan fingerprint density at radius 1 is 0.967 bits per heavy atom. The molecule has 0 saturated carbocycles. The predicted octanol–water partition coefficient (Wildman–Crippen LogP) is 7.17. The molecular weight excluding hydrogens is 378 g/mol. The summed E-state index contributed by atoms with van der Waals surface area (Å²) in [6.45, 7) is 14.6. The van der Waals surface area contributed by atoms with Crippen molar-refractivity contribution in [2.75, 3.05) is 0 Å². The number of hydrogen-bond acceptors (Lipinski definition) is 0. The van der Waals surface area contributed by atoms with Gasteiger partial charge in [0.15, 0.2) is 5.69 Å². The smallest absolute Gasteiger partial charge is 0.198 e. The van der Waals surface area contributed by atoms with Crippen molar-refractivity contribution in [2.24, 2.45) is 7.05 Å². The highest BCUT2D eigenvalue weighted by atomic mass is 28.3. The molecule has 2 heterocycles. The fraction of sp³-hybridized carbons (Fsp3) is 0.464. The zero-order valence-corrected chi connectivity index (χ0v) is 20.8. The molecule has 1 fully saturated rings.